The van der Waals surface area contributed by atoms with Gasteiger partial charge in [0.2, 0.25) is 5.56 Å². The van der Waals surface area contributed by atoms with Crippen LogP contribution in [0.2, 0.25) is 0 Å². The van der Waals surface area contributed by atoms with Crippen molar-refractivity contribution in [3.63, 3.8) is 0 Å². The molecule has 0 radical (unpaired) electrons. The highest BCUT2D eigenvalue weighted by molar-refractivity contribution is 5.84. The van der Waals surface area contributed by atoms with Crippen LogP contribution in [0.25, 0.3) is 16.7 Å². The van der Waals surface area contributed by atoms with Crippen molar-refractivity contribution in [1.82, 2.24) is 19.7 Å². The zero-order valence-corrected chi connectivity index (χ0v) is 11.1. The van der Waals surface area contributed by atoms with Gasteiger partial charge in [-0.1, -0.05) is 0 Å². The number of hydrogen-bond donors (Lipinski definition) is 1. The molecule has 3 heterocycles. The van der Waals surface area contributed by atoms with Crippen LogP contribution in [0.3, 0.4) is 0 Å². The predicted octanol–water partition coefficient (Wildman–Crippen LogP) is 2.03. The summed E-state index contributed by atoms with van der Waals surface area (Å²) in [5, 5.41) is 5.40. The first-order chi connectivity index (χ1) is 9.08. The fraction of sp³-hybridized carbons (Fsp3) is 0.214. The van der Waals surface area contributed by atoms with E-state index in [2.05, 4.69) is 15.1 Å². The second kappa shape index (κ2) is 4.05. The van der Waals surface area contributed by atoms with Crippen LogP contribution < -0.4 is 5.56 Å². The van der Waals surface area contributed by atoms with Gasteiger partial charge in [-0.15, -0.1) is 0 Å². The summed E-state index contributed by atoms with van der Waals surface area (Å²) >= 11 is 0. The van der Waals surface area contributed by atoms with Crippen LogP contribution in [-0.4, -0.2) is 19.7 Å². The molecular formula is C14H14N4O. The van der Waals surface area contributed by atoms with Gasteiger partial charge in [-0.3, -0.25) is 4.79 Å². The van der Waals surface area contributed by atoms with Crippen LogP contribution in [0.5, 0.6) is 0 Å². The summed E-state index contributed by atoms with van der Waals surface area (Å²) in [6, 6.07) is 5.08. The van der Waals surface area contributed by atoms with Crippen LogP contribution in [-0.2, 0) is 0 Å². The third-order valence-corrected chi connectivity index (χ3v) is 3.48. The molecule has 0 aliphatic rings. The van der Waals surface area contributed by atoms with Crippen LogP contribution in [0.1, 0.15) is 17.0 Å². The summed E-state index contributed by atoms with van der Waals surface area (Å²) in [6.45, 7) is 6.04. The Morgan fingerprint density at radius 2 is 1.95 bits per heavy atom. The van der Waals surface area contributed by atoms with Gasteiger partial charge >= 0.3 is 0 Å². The van der Waals surface area contributed by atoms with Gasteiger partial charge in [0, 0.05) is 23.3 Å². The first-order valence-corrected chi connectivity index (χ1v) is 6.09. The number of rotatable bonds is 1. The standard InChI is InChI=1S/C14H14N4O/c1-8-9(2)17-18(10(8)3)14-11-4-5-13(19)16-12(11)6-7-15-14/h4-7H,1-3H3,(H,16,19). The number of aryl methyl sites for hydroxylation is 1. The highest BCUT2D eigenvalue weighted by Crippen LogP contribution is 2.20. The summed E-state index contributed by atoms with van der Waals surface area (Å²) in [4.78, 5) is 18.6. The minimum absolute atomic E-state index is 0.116. The van der Waals surface area contributed by atoms with E-state index in [0.717, 1.165) is 33.7 Å². The van der Waals surface area contributed by atoms with E-state index in [1.807, 2.05) is 25.5 Å². The van der Waals surface area contributed by atoms with Crippen molar-refractivity contribution >= 4 is 10.9 Å². The fourth-order valence-electron chi connectivity index (χ4n) is 2.16. The Labute approximate surface area is 109 Å². The lowest BCUT2D eigenvalue weighted by atomic mass is 10.2. The molecule has 1 N–H and O–H groups in total. The van der Waals surface area contributed by atoms with Gasteiger partial charge in [0.15, 0.2) is 5.82 Å². The molecule has 0 amide bonds. The summed E-state index contributed by atoms with van der Waals surface area (Å²) in [5.41, 5.74) is 3.85. The van der Waals surface area contributed by atoms with E-state index in [4.69, 9.17) is 0 Å². The molecule has 0 saturated heterocycles. The molecule has 0 fully saturated rings. The van der Waals surface area contributed by atoms with E-state index >= 15 is 0 Å². The van der Waals surface area contributed by atoms with Crippen LogP contribution in [0.4, 0.5) is 0 Å². The van der Waals surface area contributed by atoms with Gasteiger partial charge in [-0.2, -0.15) is 5.10 Å². The molecule has 0 aromatic carbocycles. The number of nitrogens with one attached hydrogen (secondary N) is 1. The first-order valence-electron chi connectivity index (χ1n) is 6.09. The average Bonchev–Trinajstić information content (AvgIpc) is 2.65. The van der Waals surface area contributed by atoms with Crippen molar-refractivity contribution < 1.29 is 0 Å². The second-order valence-corrected chi connectivity index (χ2v) is 4.63. The molecule has 0 spiro atoms. The normalized spacial score (nSPS) is 11.1. The zero-order chi connectivity index (χ0) is 13.6. The Balaban J connectivity index is 2.36. The number of fused-ring (bicyclic) bond motifs is 1. The van der Waals surface area contributed by atoms with Gasteiger partial charge in [-0.25, -0.2) is 9.67 Å². The molecule has 5 nitrogen and oxygen atoms in total. The number of aromatic amines is 1. The van der Waals surface area contributed by atoms with E-state index in [-0.39, 0.29) is 5.56 Å². The summed E-state index contributed by atoms with van der Waals surface area (Å²) < 4.78 is 1.82. The Bertz CT molecular complexity index is 829. The van der Waals surface area contributed by atoms with E-state index in [9.17, 15) is 4.79 Å². The molecule has 19 heavy (non-hydrogen) atoms. The molecular weight excluding hydrogens is 240 g/mol. The second-order valence-electron chi connectivity index (χ2n) is 4.63. The number of nitrogens with zero attached hydrogens (tertiary/aromatic N) is 3. The summed E-state index contributed by atoms with van der Waals surface area (Å²) in [6.07, 6.45) is 1.68. The maximum atomic E-state index is 11.4. The Hall–Kier alpha value is -2.43. The summed E-state index contributed by atoms with van der Waals surface area (Å²) in [5.74, 6) is 0.738. The third-order valence-electron chi connectivity index (χ3n) is 3.48. The maximum Gasteiger partial charge on any atom is 0.248 e. The van der Waals surface area contributed by atoms with Gasteiger partial charge in [0.05, 0.1) is 11.2 Å². The zero-order valence-electron chi connectivity index (χ0n) is 11.1. The van der Waals surface area contributed by atoms with E-state index in [1.54, 1.807) is 18.3 Å². The molecule has 0 aliphatic heterocycles. The van der Waals surface area contributed by atoms with Crippen molar-refractivity contribution in [1.29, 1.82) is 0 Å². The number of hydrogen-bond acceptors (Lipinski definition) is 3. The topological polar surface area (TPSA) is 63.6 Å². The molecule has 0 unspecified atom stereocenters. The SMILES string of the molecule is Cc1nn(-c2nccc3[nH]c(=O)ccc23)c(C)c1C. The molecule has 5 heteroatoms. The van der Waals surface area contributed by atoms with Crippen LogP contribution >= 0.6 is 0 Å². The van der Waals surface area contributed by atoms with Crippen molar-refractivity contribution in [2.45, 2.75) is 20.8 Å². The average molecular weight is 254 g/mol. The predicted molar refractivity (Wildman–Crippen MR) is 73.7 cm³/mol. The highest BCUT2D eigenvalue weighted by atomic mass is 16.1. The molecule has 3 rings (SSSR count). The van der Waals surface area contributed by atoms with Gasteiger partial charge < -0.3 is 4.98 Å². The van der Waals surface area contributed by atoms with Gasteiger partial charge in [-0.05, 0) is 38.5 Å². The van der Waals surface area contributed by atoms with E-state index in [1.165, 1.54) is 6.07 Å². The molecule has 0 bridgehead atoms. The highest BCUT2D eigenvalue weighted by Gasteiger charge is 2.12. The van der Waals surface area contributed by atoms with Crippen molar-refractivity contribution in [3.8, 4) is 5.82 Å². The van der Waals surface area contributed by atoms with Crippen molar-refractivity contribution in [3.05, 3.63) is 51.7 Å². The van der Waals surface area contributed by atoms with Crippen molar-refractivity contribution in [2.75, 3.05) is 0 Å². The Morgan fingerprint density at radius 1 is 1.16 bits per heavy atom. The summed E-state index contributed by atoms with van der Waals surface area (Å²) in [7, 11) is 0. The smallest absolute Gasteiger partial charge is 0.248 e. The Kier molecular flexibility index (Phi) is 2.48. The van der Waals surface area contributed by atoms with E-state index < -0.39 is 0 Å². The molecule has 3 aromatic rings. The monoisotopic (exact) mass is 254 g/mol. The number of aromatic nitrogens is 4. The molecule has 0 aliphatic carbocycles. The molecule has 96 valence electrons. The van der Waals surface area contributed by atoms with E-state index in [0.29, 0.717) is 0 Å². The Morgan fingerprint density at radius 3 is 2.63 bits per heavy atom. The minimum Gasteiger partial charge on any atom is -0.322 e. The lowest BCUT2D eigenvalue weighted by molar-refractivity contribution is 0.813. The van der Waals surface area contributed by atoms with Gasteiger partial charge in [0.1, 0.15) is 0 Å². The first kappa shape index (κ1) is 11.6. The maximum absolute atomic E-state index is 11.4. The minimum atomic E-state index is -0.116. The van der Waals surface area contributed by atoms with Crippen molar-refractivity contribution in [2.24, 2.45) is 0 Å². The van der Waals surface area contributed by atoms with Crippen LogP contribution in [0, 0.1) is 20.8 Å². The molecule has 0 atom stereocenters. The fourth-order valence-corrected chi connectivity index (χ4v) is 2.16. The number of pyridine rings is 2. The lowest BCUT2D eigenvalue weighted by Gasteiger charge is -2.07. The number of H-pyrrole nitrogens is 1. The molecule has 0 saturated carbocycles. The van der Waals surface area contributed by atoms with Crippen LogP contribution in [0.15, 0.2) is 29.2 Å². The van der Waals surface area contributed by atoms with Gasteiger partial charge in [0.25, 0.3) is 0 Å². The third kappa shape index (κ3) is 1.74. The largest absolute Gasteiger partial charge is 0.322 e. The quantitative estimate of drug-likeness (QED) is 0.722. The molecule has 3 aromatic heterocycles. The lowest BCUT2D eigenvalue weighted by Crippen LogP contribution is -2.07.